The van der Waals surface area contributed by atoms with Gasteiger partial charge in [-0.15, -0.1) is 0 Å². The Balaban J connectivity index is 1.69. The quantitative estimate of drug-likeness (QED) is 0.169. The number of rotatable bonds is 10. The molecule has 40 heavy (non-hydrogen) atoms. The summed E-state index contributed by atoms with van der Waals surface area (Å²) in [6, 6.07) is 6.35. The zero-order chi connectivity index (χ0) is 29.3. The number of hydrogen-bond acceptors (Lipinski definition) is 7. The standard InChI is InChI=1S/C28H34N4O7S/c1-19(2)16-23(31-28(35)26-20(3)22-11-5-6-12-25(22)39-26)27(34)29-17-21-10-9-14-32(18-24(21)33)40(37,38)15-8-4-7-13-30-36/h4-8,11-13,15,17,19,21,23,36H,9-10,14,16,18H2,1-3H3,(H,31,35)/p+1/b7-4-,15-8+,29-17?,30-13+. The minimum absolute atomic E-state index is 0.0696. The number of carbonyl (C=O) groups is 3. The fourth-order valence-electron chi connectivity index (χ4n) is 4.35. The number of aliphatic imine (C=N–C) groups is 1. The Morgan fingerprint density at radius 1 is 1.25 bits per heavy atom. The maximum atomic E-state index is 13.1. The average molecular weight is 572 g/mol. The monoisotopic (exact) mass is 571 g/mol. The Hall–Kier alpha value is -3.90. The SMILES string of the molecule is Cc1c(C(=O)NC(CC(C)C)C(=O)N=CC2CCCN(S(=O)(=O)/C=C/C=C\C=[NH+]\O)CC2=O)oc2ccccc12. The number of nitrogens with one attached hydrogen (secondary N) is 2. The summed E-state index contributed by atoms with van der Waals surface area (Å²) >= 11 is 0. The van der Waals surface area contributed by atoms with Crippen LogP contribution in [0.1, 0.15) is 49.2 Å². The molecule has 1 fully saturated rings. The highest BCUT2D eigenvalue weighted by Crippen LogP contribution is 2.25. The second-order valence-electron chi connectivity index (χ2n) is 9.93. The lowest BCUT2D eigenvalue weighted by Crippen LogP contribution is -2.63. The van der Waals surface area contributed by atoms with Crippen molar-refractivity contribution < 1.29 is 37.6 Å². The van der Waals surface area contributed by atoms with Crippen molar-refractivity contribution in [3.05, 3.63) is 59.2 Å². The van der Waals surface area contributed by atoms with E-state index in [2.05, 4.69) is 10.3 Å². The second kappa shape index (κ2) is 13.9. The summed E-state index contributed by atoms with van der Waals surface area (Å²) in [5, 5.41) is 14.8. The van der Waals surface area contributed by atoms with Gasteiger partial charge in [0.2, 0.25) is 16.2 Å². The zero-order valence-corrected chi connectivity index (χ0v) is 23.6. The van der Waals surface area contributed by atoms with E-state index in [-0.39, 0.29) is 30.6 Å². The number of para-hydroxylation sites is 1. The highest BCUT2D eigenvalue weighted by atomic mass is 32.2. The van der Waals surface area contributed by atoms with Crippen LogP contribution in [0, 0.1) is 18.8 Å². The zero-order valence-electron chi connectivity index (χ0n) is 22.7. The molecule has 1 saturated heterocycles. The van der Waals surface area contributed by atoms with Crippen molar-refractivity contribution >= 4 is 51.0 Å². The van der Waals surface area contributed by atoms with Gasteiger partial charge in [0.1, 0.15) is 11.6 Å². The normalized spacial score (nSPS) is 18.5. The van der Waals surface area contributed by atoms with Crippen LogP contribution in [0.15, 0.2) is 57.3 Å². The third-order valence-corrected chi connectivity index (χ3v) is 7.95. The van der Waals surface area contributed by atoms with Gasteiger partial charge in [-0.2, -0.15) is 4.31 Å². The Kier molecular flexibility index (Phi) is 10.7. The van der Waals surface area contributed by atoms with Crippen LogP contribution in [-0.2, 0) is 19.6 Å². The Bertz CT molecular complexity index is 1450. The van der Waals surface area contributed by atoms with E-state index < -0.39 is 33.8 Å². The lowest BCUT2D eigenvalue weighted by Gasteiger charge is -2.17. The van der Waals surface area contributed by atoms with Crippen molar-refractivity contribution in [3.63, 3.8) is 0 Å². The molecule has 214 valence electrons. The molecule has 12 heteroatoms. The number of carbonyl (C=O) groups excluding carboxylic acids is 3. The summed E-state index contributed by atoms with van der Waals surface area (Å²) in [6.07, 6.45) is 7.63. The molecule has 1 aromatic heterocycles. The number of aryl methyl sites for hydroxylation is 1. The number of fused-ring (bicyclic) bond motifs is 1. The van der Waals surface area contributed by atoms with Crippen LogP contribution < -0.4 is 10.5 Å². The molecule has 11 nitrogen and oxygen atoms in total. The number of ketones is 1. The van der Waals surface area contributed by atoms with Crippen molar-refractivity contribution in [2.75, 3.05) is 13.1 Å². The van der Waals surface area contributed by atoms with Crippen LogP contribution >= 0.6 is 0 Å². The molecular formula is C28H35N4O7S+. The van der Waals surface area contributed by atoms with Gasteiger partial charge in [-0.3, -0.25) is 19.6 Å². The number of furan rings is 1. The summed E-state index contributed by atoms with van der Waals surface area (Å²) in [4.78, 5) is 43.0. The maximum absolute atomic E-state index is 13.1. The van der Waals surface area contributed by atoms with Gasteiger partial charge in [-0.05, 0) is 49.4 Å². The molecule has 0 saturated carbocycles. The van der Waals surface area contributed by atoms with Crippen molar-refractivity contribution in [1.29, 1.82) is 0 Å². The molecule has 0 spiro atoms. The lowest BCUT2D eigenvalue weighted by molar-refractivity contribution is -0.733. The first kappa shape index (κ1) is 30.6. The molecule has 2 heterocycles. The van der Waals surface area contributed by atoms with Crippen LogP contribution in [0.3, 0.4) is 0 Å². The summed E-state index contributed by atoms with van der Waals surface area (Å²) in [5.74, 6) is -2.03. The van der Waals surface area contributed by atoms with Crippen molar-refractivity contribution in [2.45, 2.75) is 46.1 Å². The molecule has 2 amide bonds. The molecule has 0 radical (unpaired) electrons. The maximum Gasteiger partial charge on any atom is 0.287 e. The summed E-state index contributed by atoms with van der Waals surface area (Å²) in [5.41, 5.74) is 1.24. The van der Waals surface area contributed by atoms with Gasteiger partial charge in [0.15, 0.2) is 11.5 Å². The highest BCUT2D eigenvalue weighted by Gasteiger charge is 2.30. The summed E-state index contributed by atoms with van der Waals surface area (Å²) in [6.45, 7) is 5.41. The third kappa shape index (κ3) is 8.06. The van der Waals surface area contributed by atoms with E-state index >= 15 is 0 Å². The molecule has 1 aliphatic heterocycles. The van der Waals surface area contributed by atoms with Gasteiger partial charge >= 0.3 is 0 Å². The fourth-order valence-corrected chi connectivity index (χ4v) is 5.50. The van der Waals surface area contributed by atoms with Crippen LogP contribution in [-0.4, -0.2) is 67.1 Å². The number of hydrogen-bond donors (Lipinski definition) is 3. The van der Waals surface area contributed by atoms with Gasteiger partial charge in [-0.25, -0.2) is 13.4 Å². The minimum atomic E-state index is -3.85. The van der Waals surface area contributed by atoms with E-state index in [0.29, 0.717) is 30.4 Å². The Morgan fingerprint density at radius 2 is 2.00 bits per heavy atom. The molecule has 2 unspecified atom stereocenters. The fraction of sp³-hybridized carbons (Fsp3) is 0.393. The smallest absolute Gasteiger partial charge is 0.287 e. The molecule has 2 aromatic rings. The Labute approximate surface area is 233 Å². The number of Topliss-reactive ketones (excluding diaryl/α,β-unsaturated/α-hetero) is 1. The van der Waals surface area contributed by atoms with E-state index in [9.17, 15) is 22.8 Å². The number of nitrogens with zero attached hydrogens (tertiary/aromatic N) is 2. The predicted molar refractivity (Wildman–Crippen MR) is 150 cm³/mol. The number of amides is 2. The molecule has 3 rings (SSSR count). The number of sulfonamides is 1. The van der Waals surface area contributed by atoms with Crippen LogP contribution in [0.5, 0.6) is 0 Å². The molecule has 0 bridgehead atoms. The molecular weight excluding hydrogens is 536 g/mol. The van der Waals surface area contributed by atoms with E-state index in [1.807, 2.05) is 32.0 Å². The van der Waals surface area contributed by atoms with Crippen molar-refractivity contribution in [3.8, 4) is 0 Å². The largest absolute Gasteiger partial charge is 0.451 e. The van der Waals surface area contributed by atoms with Crippen LogP contribution in [0.4, 0.5) is 0 Å². The first-order valence-corrected chi connectivity index (χ1v) is 14.5. The van der Waals surface area contributed by atoms with Crippen molar-refractivity contribution in [2.24, 2.45) is 16.8 Å². The molecule has 3 N–H and O–H groups in total. The van der Waals surface area contributed by atoms with Gasteiger partial charge in [-0.1, -0.05) is 38.1 Å². The first-order chi connectivity index (χ1) is 19.0. The van der Waals surface area contributed by atoms with E-state index in [4.69, 9.17) is 9.62 Å². The van der Waals surface area contributed by atoms with Gasteiger partial charge < -0.3 is 9.73 Å². The minimum Gasteiger partial charge on any atom is -0.451 e. The predicted octanol–water partition coefficient (Wildman–Crippen LogP) is 1.70. The molecule has 1 aliphatic rings. The second-order valence-corrected chi connectivity index (χ2v) is 11.7. The van der Waals surface area contributed by atoms with E-state index in [0.717, 1.165) is 15.1 Å². The van der Waals surface area contributed by atoms with Crippen LogP contribution in [0.2, 0.25) is 0 Å². The first-order valence-electron chi connectivity index (χ1n) is 13.0. The molecule has 1 aromatic carbocycles. The summed E-state index contributed by atoms with van der Waals surface area (Å²) < 4.78 is 32.1. The summed E-state index contributed by atoms with van der Waals surface area (Å²) in [7, 11) is -3.85. The topological polar surface area (TPSA) is 160 Å². The van der Waals surface area contributed by atoms with Crippen molar-refractivity contribution in [1.82, 2.24) is 9.62 Å². The average Bonchev–Trinajstić information content (AvgIpc) is 3.12. The molecule has 0 aliphatic carbocycles. The Morgan fingerprint density at radius 3 is 2.70 bits per heavy atom. The van der Waals surface area contributed by atoms with E-state index in [1.54, 1.807) is 18.1 Å². The van der Waals surface area contributed by atoms with Gasteiger partial charge in [0.25, 0.3) is 11.8 Å². The number of benzene rings is 1. The molecule has 2 atom stereocenters. The van der Waals surface area contributed by atoms with Crippen LogP contribution in [0.25, 0.3) is 11.0 Å². The lowest BCUT2D eigenvalue weighted by atomic mass is 10.0. The van der Waals surface area contributed by atoms with Gasteiger partial charge in [0, 0.05) is 35.2 Å². The van der Waals surface area contributed by atoms with Gasteiger partial charge in [0.05, 0.1) is 12.5 Å². The van der Waals surface area contributed by atoms with E-state index in [1.165, 1.54) is 30.7 Å². The highest BCUT2D eigenvalue weighted by molar-refractivity contribution is 7.92. The number of allylic oxidation sites excluding steroid dienone is 3. The third-order valence-electron chi connectivity index (χ3n) is 6.41.